The average Bonchev–Trinajstić information content (AvgIpc) is 2.49. The van der Waals surface area contributed by atoms with Crippen LogP contribution in [-0.2, 0) is 17.8 Å². The number of nitrogens with one attached hydrogen (secondary N) is 1. The van der Waals surface area contributed by atoms with E-state index in [1.54, 1.807) is 0 Å². The predicted molar refractivity (Wildman–Crippen MR) is 91.7 cm³/mol. The van der Waals surface area contributed by atoms with Crippen molar-refractivity contribution in [2.75, 3.05) is 19.6 Å². The Morgan fingerprint density at radius 3 is 2.59 bits per heavy atom. The maximum atomic E-state index is 11.7. The SMILES string of the molecule is CC(C)(C)C(=O)NCCCCCN1CCc2ccccc2C1. The number of carbonyl (C=O) groups excluding carboxylic acids is 1. The van der Waals surface area contributed by atoms with Crippen LogP contribution < -0.4 is 5.32 Å². The molecule has 1 aromatic rings. The summed E-state index contributed by atoms with van der Waals surface area (Å²) in [5, 5.41) is 3.02. The first kappa shape index (κ1) is 17.0. The molecule has 1 aliphatic heterocycles. The fourth-order valence-electron chi connectivity index (χ4n) is 2.85. The molecule has 0 atom stereocenters. The summed E-state index contributed by atoms with van der Waals surface area (Å²) in [5.74, 6) is 0.153. The topological polar surface area (TPSA) is 32.3 Å². The first-order valence-electron chi connectivity index (χ1n) is 8.54. The summed E-state index contributed by atoms with van der Waals surface area (Å²) in [6.45, 7) is 10.1. The van der Waals surface area contributed by atoms with E-state index in [1.165, 1.54) is 43.5 Å². The molecule has 1 aromatic carbocycles. The molecule has 2 rings (SSSR count). The third kappa shape index (κ3) is 5.13. The number of rotatable bonds is 6. The van der Waals surface area contributed by atoms with Gasteiger partial charge in [0.25, 0.3) is 0 Å². The van der Waals surface area contributed by atoms with Gasteiger partial charge in [-0.25, -0.2) is 0 Å². The molecule has 122 valence electrons. The highest BCUT2D eigenvalue weighted by Gasteiger charge is 2.20. The molecule has 0 spiro atoms. The molecule has 3 heteroatoms. The van der Waals surface area contributed by atoms with Crippen molar-refractivity contribution >= 4 is 5.91 Å². The quantitative estimate of drug-likeness (QED) is 0.817. The van der Waals surface area contributed by atoms with Gasteiger partial charge < -0.3 is 5.32 Å². The summed E-state index contributed by atoms with van der Waals surface area (Å²) in [6.07, 6.45) is 4.65. The number of benzene rings is 1. The van der Waals surface area contributed by atoms with E-state index >= 15 is 0 Å². The van der Waals surface area contributed by atoms with Crippen LogP contribution in [0.3, 0.4) is 0 Å². The lowest BCUT2D eigenvalue weighted by Gasteiger charge is -2.28. The Kier molecular flexibility index (Phi) is 6.01. The zero-order valence-electron chi connectivity index (χ0n) is 14.3. The molecule has 22 heavy (non-hydrogen) atoms. The molecule has 0 radical (unpaired) electrons. The molecule has 1 heterocycles. The number of fused-ring (bicyclic) bond motifs is 1. The lowest BCUT2D eigenvalue weighted by molar-refractivity contribution is -0.128. The molecule has 0 fully saturated rings. The second-order valence-electron chi connectivity index (χ2n) is 7.36. The van der Waals surface area contributed by atoms with Crippen LogP contribution in [-0.4, -0.2) is 30.4 Å². The van der Waals surface area contributed by atoms with E-state index in [0.717, 1.165) is 19.5 Å². The molecule has 0 aliphatic carbocycles. The van der Waals surface area contributed by atoms with Crippen LogP contribution in [0.4, 0.5) is 0 Å². The Morgan fingerprint density at radius 2 is 1.86 bits per heavy atom. The summed E-state index contributed by atoms with van der Waals surface area (Å²) in [7, 11) is 0. The van der Waals surface area contributed by atoms with E-state index in [9.17, 15) is 4.79 Å². The van der Waals surface area contributed by atoms with Crippen molar-refractivity contribution < 1.29 is 4.79 Å². The van der Waals surface area contributed by atoms with E-state index < -0.39 is 0 Å². The monoisotopic (exact) mass is 302 g/mol. The summed E-state index contributed by atoms with van der Waals surface area (Å²) in [4.78, 5) is 14.3. The van der Waals surface area contributed by atoms with E-state index in [2.05, 4.69) is 34.5 Å². The van der Waals surface area contributed by atoms with Gasteiger partial charge in [0.15, 0.2) is 0 Å². The van der Waals surface area contributed by atoms with Gasteiger partial charge in [-0.15, -0.1) is 0 Å². The number of hydrogen-bond acceptors (Lipinski definition) is 2. The highest BCUT2D eigenvalue weighted by Crippen LogP contribution is 2.18. The Balaban J connectivity index is 1.58. The highest BCUT2D eigenvalue weighted by molar-refractivity contribution is 5.81. The molecule has 1 amide bonds. The Hall–Kier alpha value is -1.35. The first-order chi connectivity index (χ1) is 10.5. The van der Waals surface area contributed by atoms with Gasteiger partial charge in [-0.2, -0.15) is 0 Å². The van der Waals surface area contributed by atoms with Crippen LogP contribution in [0.25, 0.3) is 0 Å². The van der Waals surface area contributed by atoms with Gasteiger partial charge in [0, 0.05) is 25.0 Å². The van der Waals surface area contributed by atoms with Gasteiger partial charge in [-0.3, -0.25) is 9.69 Å². The average molecular weight is 302 g/mol. The number of carbonyl (C=O) groups is 1. The molecule has 0 saturated carbocycles. The van der Waals surface area contributed by atoms with Gasteiger partial charge in [0.05, 0.1) is 0 Å². The number of amides is 1. The third-order valence-electron chi connectivity index (χ3n) is 4.33. The van der Waals surface area contributed by atoms with Crippen LogP contribution in [0.1, 0.15) is 51.2 Å². The van der Waals surface area contributed by atoms with Crippen LogP contribution in [0, 0.1) is 5.41 Å². The van der Waals surface area contributed by atoms with Crippen LogP contribution >= 0.6 is 0 Å². The van der Waals surface area contributed by atoms with Gasteiger partial charge in [-0.1, -0.05) is 51.5 Å². The lowest BCUT2D eigenvalue weighted by Crippen LogP contribution is -2.35. The molecule has 1 N–H and O–H groups in total. The number of hydrogen-bond donors (Lipinski definition) is 1. The van der Waals surface area contributed by atoms with E-state index in [0.29, 0.717) is 0 Å². The van der Waals surface area contributed by atoms with Crippen LogP contribution in [0.15, 0.2) is 24.3 Å². The van der Waals surface area contributed by atoms with Crippen LogP contribution in [0.2, 0.25) is 0 Å². The fraction of sp³-hybridized carbons (Fsp3) is 0.632. The first-order valence-corrected chi connectivity index (χ1v) is 8.54. The van der Waals surface area contributed by atoms with Crippen molar-refractivity contribution in [3.05, 3.63) is 35.4 Å². The molecule has 3 nitrogen and oxygen atoms in total. The second-order valence-corrected chi connectivity index (χ2v) is 7.36. The molecule has 0 saturated heterocycles. The summed E-state index contributed by atoms with van der Waals surface area (Å²) in [5.41, 5.74) is 2.73. The van der Waals surface area contributed by atoms with Gasteiger partial charge in [0.2, 0.25) is 5.91 Å². The van der Waals surface area contributed by atoms with Crippen molar-refractivity contribution in [2.24, 2.45) is 5.41 Å². The number of nitrogens with zero attached hydrogens (tertiary/aromatic N) is 1. The molecule has 0 aromatic heterocycles. The summed E-state index contributed by atoms with van der Waals surface area (Å²) < 4.78 is 0. The van der Waals surface area contributed by atoms with Crippen molar-refractivity contribution in [1.82, 2.24) is 10.2 Å². The van der Waals surface area contributed by atoms with Crippen molar-refractivity contribution in [2.45, 2.75) is 53.0 Å². The second kappa shape index (κ2) is 7.77. The summed E-state index contributed by atoms with van der Waals surface area (Å²) >= 11 is 0. The standard InChI is InChI=1S/C19H30N2O/c1-19(2,3)18(22)20-12-7-4-8-13-21-14-11-16-9-5-6-10-17(16)15-21/h5-6,9-10H,4,7-8,11-15H2,1-3H3,(H,20,22). The molecule has 0 unspecified atom stereocenters. The molecular formula is C19H30N2O. The maximum Gasteiger partial charge on any atom is 0.225 e. The Bertz CT molecular complexity index is 490. The third-order valence-corrected chi connectivity index (χ3v) is 4.33. The van der Waals surface area contributed by atoms with E-state index in [-0.39, 0.29) is 11.3 Å². The van der Waals surface area contributed by atoms with E-state index in [1.807, 2.05) is 20.8 Å². The van der Waals surface area contributed by atoms with Crippen molar-refractivity contribution in [3.63, 3.8) is 0 Å². The number of unbranched alkanes of at least 4 members (excludes halogenated alkanes) is 2. The van der Waals surface area contributed by atoms with Crippen LogP contribution in [0.5, 0.6) is 0 Å². The fourth-order valence-corrected chi connectivity index (χ4v) is 2.85. The smallest absolute Gasteiger partial charge is 0.225 e. The van der Waals surface area contributed by atoms with Gasteiger partial charge >= 0.3 is 0 Å². The zero-order chi connectivity index (χ0) is 16.0. The minimum atomic E-state index is -0.277. The zero-order valence-corrected chi connectivity index (χ0v) is 14.3. The largest absolute Gasteiger partial charge is 0.356 e. The van der Waals surface area contributed by atoms with Gasteiger partial charge in [0.1, 0.15) is 0 Å². The van der Waals surface area contributed by atoms with E-state index in [4.69, 9.17) is 0 Å². The highest BCUT2D eigenvalue weighted by atomic mass is 16.2. The molecule has 1 aliphatic rings. The molecule has 0 bridgehead atoms. The molecular weight excluding hydrogens is 272 g/mol. The van der Waals surface area contributed by atoms with Crippen molar-refractivity contribution in [1.29, 1.82) is 0 Å². The normalized spacial score (nSPS) is 15.4. The summed E-state index contributed by atoms with van der Waals surface area (Å²) in [6, 6.07) is 8.79. The minimum absolute atomic E-state index is 0.153. The lowest BCUT2D eigenvalue weighted by atomic mass is 9.96. The Morgan fingerprint density at radius 1 is 1.14 bits per heavy atom. The predicted octanol–water partition coefficient (Wildman–Crippen LogP) is 3.38. The Labute approximate surface area is 135 Å². The van der Waals surface area contributed by atoms with Gasteiger partial charge in [-0.05, 0) is 36.9 Å². The minimum Gasteiger partial charge on any atom is -0.356 e. The maximum absolute atomic E-state index is 11.7. The van der Waals surface area contributed by atoms with Crippen molar-refractivity contribution in [3.8, 4) is 0 Å².